The molecule has 2 aromatic rings. The molecule has 0 spiro atoms. The lowest BCUT2D eigenvalue weighted by molar-refractivity contribution is -0.384. The van der Waals surface area contributed by atoms with Gasteiger partial charge in [0.1, 0.15) is 5.69 Å². The van der Waals surface area contributed by atoms with E-state index in [4.69, 9.17) is 11.6 Å². The Balaban J connectivity index is 2.48. The summed E-state index contributed by atoms with van der Waals surface area (Å²) in [5, 5.41) is 11.4. The van der Waals surface area contributed by atoms with Crippen molar-refractivity contribution in [2.75, 3.05) is 18.6 Å². The number of benzene rings is 1. The van der Waals surface area contributed by atoms with Gasteiger partial charge in [-0.15, -0.1) is 0 Å². The topological polar surface area (TPSA) is 98.5 Å². The lowest BCUT2D eigenvalue weighted by atomic mass is 10.2. The summed E-state index contributed by atoms with van der Waals surface area (Å²) in [6.45, 7) is 0.109. The van der Waals surface area contributed by atoms with Crippen LogP contribution in [-0.2, 0) is 9.53 Å². The van der Waals surface area contributed by atoms with Crippen LogP contribution in [0, 0.1) is 10.1 Å². The number of anilines is 2. The van der Waals surface area contributed by atoms with Crippen molar-refractivity contribution in [2.45, 2.75) is 0 Å². The zero-order valence-electron chi connectivity index (χ0n) is 12.6. The molecule has 0 unspecified atom stereocenters. The highest BCUT2D eigenvalue weighted by Gasteiger charge is 2.22. The van der Waals surface area contributed by atoms with Crippen molar-refractivity contribution in [3.63, 3.8) is 0 Å². The van der Waals surface area contributed by atoms with Gasteiger partial charge in [0, 0.05) is 31.1 Å². The van der Waals surface area contributed by atoms with E-state index >= 15 is 0 Å². The molecule has 0 saturated heterocycles. The van der Waals surface area contributed by atoms with Gasteiger partial charge in [-0.1, -0.05) is 29.8 Å². The van der Waals surface area contributed by atoms with Gasteiger partial charge in [-0.2, -0.15) is 0 Å². The van der Waals surface area contributed by atoms with Crippen LogP contribution in [0.5, 0.6) is 0 Å². The van der Waals surface area contributed by atoms with Gasteiger partial charge in [-0.05, 0) is 6.07 Å². The molecule has 0 aliphatic heterocycles. The molecular formula is C15H13ClN4O4. The van der Waals surface area contributed by atoms with Gasteiger partial charge in [-0.25, -0.2) is 14.8 Å². The fourth-order valence-corrected chi connectivity index (χ4v) is 2.17. The van der Waals surface area contributed by atoms with E-state index in [0.29, 0.717) is 0 Å². The molecule has 0 radical (unpaired) electrons. The maximum atomic E-state index is 11.3. The second-order valence-electron chi connectivity index (χ2n) is 4.45. The van der Waals surface area contributed by atoms with Crippen LogP contribution in [0.3, 0.4) is 0 Å². The molecule has 1 heterocycles. The molecule has 1 aromatic heterocycles. The molecule has 0 fully saturated rings. The number of nitrogens with zero attached hydrogens (tertiary/aromatic N) is 4. The predicted octanol–water partition coefficient (Wildman–Crippen LogP) is 2.91. The van der Waals surface area contributed by atoms with Crippen molar-refractivity contribution in [3.05, 3.63) is 64.1 Å². The highest BCUT2D eigenvalue weighted by molar-refractivity contribution is 6.31. The van der Waals surface area contributed by atoms with Gasteiger partial charge in [0.25, 0.3) is 5.69 Å². The molecule has 0 amide bonds. The van der Waals surface area contributed by atoms with Crippen LogP contribution in [0.4, 0.5) is 17.2 Å². The van der Waals surface area contributed by atoms with E-state index in [1.54, 1.807) is 18.2 Å². The van der Waals surface area contributed by atoms with Gasteiger partial charge in [0.05, 0.1) is 12.0 Å². The summed E-state index contributed by atoms with van der Waals surface area (Å²) in [7, 11) is 1.26. The second kappa shape index (κ2) is 8.02. The number of esters is 1. The van der Waals surface area contributed by atoms with Crippen molar-refractivity contribution in [2.24, 2.45) is 0 Å². The molecule has 9 heteroatoms. The summed E-state index contributed by atoms with van der Waals surface area (Å²) in [4.78, 5) is 31.6. The number of ether oxygens (including phenoxy) is 1. The van der Waals surface area contributed by atoms with E-state index in [9.17, 15) is 14.9 Å². The van der Waals surface area contributed by atoms with E-state index in [1.807, 2.05) is 0 Å². The molecule has 0 N–H and O–H groups in total. The molecular weight excluding hydrogens is 336 g/mol. The smallest absolute Gasteiger partial charge is 0.330 e. The van der Waals surface area contributed by atoms with Crippen molar-refractivity contribution in [1.82, 2.24) is 9.97 Å². The number of methoxy groups -OCH3 is 1. The normalized spacial score (nSPS) is 10.6. The minimum atomic E-state index is -0.539. The maximum Gasteiger partial charge on any atom is 0.330 e. The van der Waals surface area contributed by atoms with Gasteiger partial charge < -0.3 is 9.64 Å². The Labute approximate surface area is 142 Å². The first-order valence-corrected chi connectivity index (χ1v) is 7.14. The van der Waals surface area contributed by atoms with Crippen LogP contribution in [0.2, 0.25) is 5.15 Å². The first kappa shape index (κ1) is 17.4. The highest BCUT2D eigenvalue weighted by Crippen LogP contribution is 2.34. The first-order chi connectivity index (χ1) is 11.5. The summed E-state index contributed by atoms with van der Waals surface area (Å²) in [6, 6.07) is 6.15. The highest BCUT2D eigenvalue weighted by atomic mass is 35.5. The Bertz CT molecular complexity index is 782. The fourth-order valence-electron chi connectivity index (χ4n) is 1.96. The average Bonchev–Trinajstić information content (AvgIpc) is 2.59. The zero-order valence-corrected chi connectivity index (χ0v) is 13.4. The van der Waals surface area contributed by atoms with Gasteiger partial charge >= 0.3 is 5.97 Å². The van der Waals surface area contributed by atoms with Crippen molar-refractivity contribution >= 4 is 34.8 Å². The minimum absolute atomic E-state index is 0.0853. The van der Waals surface area contributed by atoms with Crippen molar-refractivity contribution in [3.8, 4) is 0 Å². The first-order valence-electron chi connectivity index (χ1n) is 6.76. The molecule has 1 aromatic carbocycles. The summed E-state index contributed by atoms with van der Waals surface area (Å²) in [5.74, 6) is -0.300. The number of aromatic nitrogens is 2. The summed E-state index contributed by atoms with van der Waals surface area (Å²) in [6.07, 6.45) is 5.54. The standard InChI is InChI=1S/C15H13ClN4O4/c1-24-13(21)7-4-10-19(15-14(16)17-8-9-18-15)11-5-2-3-6-12(11)20(22)23/h2-9H,10H2,1H3/b7-4+. The number of para-hydroxylation sites is 2. The van der Waals surface area contributed by atoms with Crippen molar-refractivity contribution < 1.29 is 14.5 Å². The SMILES string of the molecule is COC(=O)/C=C/CN(c1ccccc1[N+](=O)[O-])c1nccnc1Cl. The minimum Gasteiger partial charge on any atom is -0.466 e. The lowest BCUT2D eigenvalue weighted by Crippen LogP contribution is -2.20. The van der Waals surface area contributed by atoms with E-state index < -0.39 is 10.9 Å². The van der Waals surface area contributed by atoms with E-state index in [-0.39, 0.29) is 28.9 Å². The Morgan fingerprint density at radius 3 is 2.75 bits per heavy atom. The maximum absolute atomic E-state index is 11.3. The largest absolute Gasteiger partial charge is 0.466 e. The molecule has 24 heavy (non-hydrogen) atoms. The number of carbonyl (C=O) groups is 1. The van der Waals surface area contributed by atoms with Gasteiger partial charge in [-0.3, -0.25) is 10.1 Å². The second-order valence-corrected chi connectivity index (χ2v) is 4.81. The number of hydrogen-bond acceptors (Lipinski definition) is 7. The van der Waals surface area contributed by atoms with Crippen LogP contribution < -0.4 is 4.90 Å². The predicted molar refractivity (Wildman–Crippen MR) is 88.3 cm³/mol. The summed E-state index contributed by atoms with van der Waals surface area (Å²) < 4.78 is 4.52. The molecule has 8 nitrogen and oxygen atoms in total. The number of rotatable bonds is 6. The average molecular weight is 349 g/mol. The molecule has 0 atom stereocenters. The fraction of sp³-hybridized carbons (Fsp3) is 0.133. The summed E-state index contributed by atoms with van der Waals surface area (Å²) in [5.41, 5.74) is 0.158. The van der Waals surface area contributed by atoms with Crippen molar-refractivity contribution in [1.29, 1.82) is 0 Å². The Morgan fingerprint density at radius 1 is 1.38 bits per heavy atom. The number of carbonyl (C=O) groups excluding carboxylic acids is 1. The number of nitro groups is 1. The van der Waals surface area contributed by atoms with Crippen LogP contribution in [0.15, 0.2) is 48.8 Å². The Hall–Kier alpha value is -3.00. The molecule has 0 bridgehead atoms. The van der Waals surface area contributed by atoms with Gasteiger partial charge in [0.15, 0.2) is 11.0 Å². The summed E-state index contributed by atoms with van der Waals surface area (Å²) >= 11 is 6.07. The third-order valence-electron chi connectivity index (χ3n) is 3.00. The molecule has 0 aliphatic carbocycles. The third-order valence-corrected chi connectivity index (χ3v) is 3.27. The van der Waals surface area contributed by atoms with E-state index in [1.165, 1.54) is 42.6 Å². The van der Waals surface area contributed by atoms with Crippen LogP contribution >= 0.6 is 11.6 Å². The van der Waals surface area contributed by atoms with E-state index in [0.717, 1.165) is 0 Å². The molecule has 124 valence electrons. The zero-order chi connectivity index (χ0) is 17.5. The number of hydrogen-bond donors (Lipinski definition) is 0. The van der Waals surface area contributed by atoms with Gasteiger partial charge in [0.2, 0.25) is 0 Å². The molecule has 0 saturated carbocycles. The monoisotopic (exact) mass is 348 g/mol. The van der Waals surface area contributed by atoms with Crippen LogP contribution in [-0.4, -0.2) is 34.5 Å². The number of nitro benzene ring substituents is 1. The quantitative estimate of drug-likeness (QED) is 0.342. The number of halogens is 1. The Morgan fingerprint density at radius 2 is 2.08 bits per heavy atom. The lowest BCUT2D eigenvalue weighted by Gasteiger charge is -2.22. The van der Waals surface area contributed by atoms with Crippen LogP contribution in [0.1, 0.15) is 0 Å². The molecule has 0 aliphatic rings. The third kappa shape index (κ3) is 4.05. The Kier molecular flexibility index (Phi) is 5.80. The van der Waals surface area contributed by atoms with E-state index in [2.05, 4.69) is 14.7 Å². The van der Waals surface area contributed by atoms with Crippen LogP contribution in [0.25, 0.3) is 0 Å². The molecule has 2 rings (SSSR count).